The van der Waals surface area contributed by atoms with Crippen LogP contribution in [0.25, 0.3) is 0 Å². The monoisotopic (exact) mass is 411 g/mol. The predicted molar refractivity (Wildman–Crippen MR) is 112 cm³/mol. The Balaban J connectivity index is 1.79. The number of rotatable bonds is 9. The molecule has 3 N–H and O–H groups in total. The van der Waals surface area contributed by atoms with Crippen LogP contribution < -0.4 is 10.6 Å². The van der Waals surface area contributed by atoms with Crippen molar-refractivity contribution in [3.8, 4) is 0 Å². The number of aliphatic hydroxyl groups excluding tert-OH is 1. The number of aliphatic imine (C=N–C) groups is 1. The van der Waals surface area contributed by atoms with Crippen LogP contribution in [-0.2, 0) is 6.54 Å². The second kappa shape index (κ2) is 11.2. The first kappa shape index (κ1) is 21.5. The van der Waals surface area contributed by atoms with Crippen LogP contribution in [0.5, 0.6) is 0 Å². The Kier molecular flexibility index (Phi) is 8.91. The summed E-state index contributed by atoms with van der Waals surface area (Å²) in [5, 5.41) is 17.8. The van der Waals surface area contributed by atoms with Crippen LogP contribution in [0.2, 0.25) is 10.0 Å². The fraction of sp³-hybridized carbons (Fsp3) is 0.474. The van der Waals surface area contributed by atoms with Gasteiger partial charge in [-0.3, -0.25) is 4.99 Å². The zero-order valence-electron chi connectivity index (χ0n) is 15.8. The molecule has 6 nitrogen and oxygen atoms in total. The third kappa shape index (κ3) is 7.40. The predicted octanol–water partition coefficient (Wildman–Crippen LogP) is 3.57. The molecule has 1 unspecified atom stereocenters. The molecular formula is C19H27Cl2N5O. The van der Waals surface area contributed by atoms with Crippen LogP contribution in [0.1, 0.15) is 37.3 Å². The molecule has 0 aliphatic carbocycles. The molecule has 0 saturated carbocycles. The Bertz CT molecular complexity index is 727. The number of unbranched alkanes of at least 4 members (excludes halogenated alkanes) is 1. The van der Waals surface area contributed by atoms with E-state index in [1.54, 1.807) is 18.2 Å². The van der Waals surface area contributed by atoms with Gasteiger partial charge in [-0.15, -0.1) is 0 Å². The lowest BCUT2D eigenvalue weighted by molar-refractivity contribution is 0.187. The van der Waals surface area contributed by atoms with Crippen LogP contribution in [0.3, 0.4) is 0 Å². The van der Waals surface area contributed by atoms with Gasteiger partial charge in [-0.25, -0.2) is 4.98 Å². The SMILES string of the molecule is CCNC(=NCC(O)c1cc(Cl)cc(Cl)c1)NCCCCn1ccnc1C. The summed E-state index contributed by atoms with van der Waals surface area (Å²) in [6.45, 7) is 6.74. The van der Waals surface area contributed by atoms with Crippen molar-refractivity contribution in [1.29, 1.82) is 0 Å². The number of aryl methyl sites for hydroxylation is 2. The van der Waals surface area contributed by atoms with E-state index in [1.165, 1.54) is 0 Å². The second-order valence-corrected chi connectivity index (χ2v) is 7.11. The van der Waals surface area contributed by atoms with Crippen LogP contribution in [0, 0.1) is 6.92 Å². The van der Waals surface area contributed by atoms with E-state index in [0.29, 0.717) is 21.6 Å². The van der Waals surface area contributed by atoms with Gasteiger partial charge in [-0.2, -0.15) is 0 Å². The molecule has 0 spiro atoms. The summed E-state index contributed by atoms with van der Waals surface area (Å²) in [5.74, 6) is 1.72. The van der Waals surface area contributed by atoms with Crippen molar-refractivity contribution in [3.63, 3.8) is 0 Å². The summed E-state index contributed by atoms with van der Waals surface area (Å²) in [4.78, 5) is 8.68. The highest BCUT2D eigenvalue weighted by molar-refractivity contribution is 6.34. The Hall–Kier alpha value is -1.76. The number of hydrogen-bond acceptors (Lipinski definition) is 3. The Labute approximate surface area is 170 Å². The third-order valence-electron chi connectivity index (χ3n) is 4.08. The summed E-state index contributed by atoms with van der Waals surface area (Å²) < 4.78 is 2.14. The molecule has 27 heavy (non-hydrogen) atoms. The summed E-state index contributed by atoms with van der Waals surface area (Å²) in [6.07, 6.45) is 5.11. The quantitative estimate of drug-likeness (QED) is 0.335. The van der Waals surface area contributed by atoms with Gasteiger partial charge in [0.25, 0.3) is 0 Å². The molecule has 0 aliphatic rings. The van der Waals surface area contributed by atoms with E-state index >= 15 is 0 Å². The molecule has 0 bridgehead atoms. The number of imidazole rings is 1. The summed E-state index contributed by atoms with van der Waals surface area (Å²) in [6, 6.07) is 5.04. The molecule has 0 amide bonds. The molecule has 0 fully saturated rings. The number of guanidine groups is 1. The number of aromatic nitrogens is 2. The molecule has 1 atom stereocenters. The van der Waals surface area contributed by atoms with Gasteiger partial charge < -0.3 is 20.3 Å². The van der Waals surface area contributed by atoms with E-state index in [1.807, 2.05) is 26.2 Å². The van der Waals surface area contributed by atoms with Crippen molar-refractivity contribution in [1.82, 2.24) is 20.2 Å². The fourth-order valence-corrected chi connectivity index (χ4v) is 3.19. The highest BCUT2D eigenvalue weighted by Crippen LogP contribution is 2.23. The Morgan fingerprint density at radius 1 is 1.22 bits per heavy atom. The number of hydrogen-bond donors (Lipinski definition) is 3. The topological polar surface area (TPSA) is 74.5 Å². The van der Waals surface area contributed by atoms with Gasteiger partial charge >= 0.3 is 0 Å². The Morgan fingerprint density at radius 3 is 2.59 bits per heavy atom. The van der Waals surface area contributed by atoms with Gasteiger partial charge in [0.15, 0.2) is 5.96 Å². The van der Waals surface area contributed by atoms with Gasteiger partial charge in [-0.05, 0) is 50.5 Å². The van der Waals surface area contributed by atoms with Gasteiger partial charge in [0.2, 0.25) is 0 Å². The van der Waals surface area contributed by atoms with Crippen LogP contribution in [-0.4, -0.2) is 40.3 Å². The first-order valence-electron chi connectivity index (χ1n) is 9.13. The minimum atomic E-state index is -0.763. The average Bonchev–Trinajstić information content (AvgIpc) is 3.03. The highest BCUT2D eigenvalue weighted by Gasteiger charge is 2.09. The molecule has 0 radical (unpaired) electrons. The van der Waals surface area contributed by atoms with Crippen molar-refractivity contribution in [2.24, 2.45) is 4.99 Å². The molecule has 0 saturated heterocycles. The molecule has 8 heteroatoms. The van der Waals surface area contributed by atoms with E-state index in [4.69, 9.17) is 23.2 Å². The molecular weight excluding hydrogens is 385 g/mol. The largest absolute Gasteiger partial charge is 0.386 e. The summed E-state index contributed by atoms with van der Waals surface area (Å²) in [5.41, 5.74) is 0.655. The molecule has 1 aromatic heterocycles. The standard InChI is InChI=1S/C19H27Cl2N5O/c1-3-22-19(24-6-4-5-8-26-9-7-23-14(26)2)25-13-18(27)15-10-16(20)12-17(21)11-15/h7,9-12,18,27H,3-6,8,13H2,1-2H3,(H2,22,24,25). The number of nitrogens with zero attached hydrogens (tertiary/aromatic N) is 3. The maximum Gasteiger partial charge on any atom is 0.191 e. The molecule has 1 aromatic carbocycles. The molecule has 2 rings (SSSR count). The third-order valence-corrected chi connectivity index (χ3v) is 4.51. The van der Waals surface area contributed by atoms with Crippen LogP contribution >= 0.6 is 23.2 Å². The highest BCUT2D eigenvalue weighted by atomic mass is 35.5. The number of nitrogens with one attached hydrogen (secondary N) is 2. The summed E-state index contributed by atoms with van der Waals surface area (Å²) >= 11 is 12.0. The maximum absolute atomic E-state index is 10.3. The minimum Gasteiger partial charge on any atom is -0.386 e. The van der Waals surface area contributed by atoms with Crippen LogP contribution in [0.15, 0.2) is 35.6 Å². The fourth-order valence-electron chi connectivity index (χ4n) is 2.65. The number of aliphatic hydroxyl groups is 1. The molecule has 1 heterocycles. The lowest BCUT2D eigenvalue weighted by Gasteiger charge is -2.14. The van der Waals surface area contributed by atoms with E-state index < -0.39 is 6.10 Å². The number of halogens is 2. The second-order valence-electron chi connectivity index (χ2n) is 6.24. The van der Waals surface area contributed by atoms with Gasteiger partial charge in [0.1, 0.15) is 5.82 Å². The van der Waals surface area contributed by atoms with E-state index in [2.05, 4.69) is 25.2 Å². The van der Waals surface area contributed by atoms with E-state index in [9.17, 15) is 5.11 Å². The van der Waals surface area contributed by atoms with Gasteiger partial charge in [0, 0.05) is 42.1 Å². The first-order chi connectivity index (χ1) is 13.0. The molecule has 0 aliphatic heterocycles. The van der Waals surface area contributed by atoms with Gasteiger partial charge in [0.05, 0.1) is 12.6 Å². The van der Waals surface area contributed by atoms with Gasteiger partial charge in [-0.1, -0.05) is 23.2 Å². The Morgan fingerprint density at radius 2 is 1.96 bits per heavy atom. The van der Waals surface area contributed by atoms with E-state index in [0.717, 1.165) is 38.3 Å². The molecule has 148 valence electrons. The van der Waals surface area contributed by atoms with Crippen molar-refractivity contribution in [2.45, 2.75) is 39.3 Å². The number of benzene rings is 1. The zero-order chi connectivity index (χ0) is 19.6. The smallest absolute Gasteiger partial charge is 0.191 e. The van der Waals surface area contributed by atoms with Crippen molar-refractivity contribution < 1.29 is 5.11 Å². The summed E-state index contributed by atoms with van der Waals surface area (Å²) in [7, 11) is 0. The van der Waals surface area contributed by atoms with E-state index in [-0.39, 0.29) is 6.54 Å². The lowest BCUT2D eigenvalue weighted by Crippen LogP contribution is -2.38. The zero-order valence-corrected chi connectivity index (χ0v) is 17.3. The maximum atomic E-state index is 10.3. The minimum absolute atomic E-state index is 0.222. The van der Waals surface area contributed by atoms with Crippen molar-refractivity contribution in [3.05, 3.63) is 52.0 Å². The molecule has 2 aromatic rings. The van der Waals surface area contributed by atoms with Crippen molar-refractivity contribution >= 4 is 29.2 Å². The van der Waals surface area contributed by atoms with Crippen molar-refractivity contribution in [2.75, 3.05) is 19.6 Å². The normalized spacial score (nSPS) is 12.9. The lowest BCUT2D eigenvalue weighted by atomic mass is 10.1. The van der Waals surface area contributed by atoms with Crippen LogP contribution in [0.4, 0.5) is 0 Å². The first-order valence-corrected chi connectivity index (χ1v) is 9.89. The average molecular weight is 412 g/mol.